The molecule has 0 fully saturated rings. The van der Waals surface area contributed by atoms with Crippen molar-refractivity contribution in [2.75, 3.05) is 24.2 Å². The normalized spacial score (nSPS) is 12.9. The minimum atomic E-state index is -0.137. The summed E-state index contributed by atoms with van der Waals surface area (Å²) in [5.41, 5.74) is 2.41. The SMILES string of the molecule is CCCCOc1ccc(CCNC(=O)c2ccc3c(c2)NC(=O)CS3)cc1. The second kappa shape index (κ2) is 9.46. The Kier molecular flexibility index (Phi) is 6.76. The van der Waals surface area contributed by atoms with Crippen LogP contribution in [-0.4, -0.2) is 30.7 Å². The molecule has 0 radical (unpaired) electrons. The van der Waals surface area contributed by atoms with Gasteiger partial charge in [-0.05, 0) is 48.7 Å². The highest BCUT2D eigenvalue weighted by atomic mass is 32.2. The van der Waals surface area contributed by atoms with Crippen molar-refractivity contribution in [3.63, 3.8) is 0 Å². The first-order chi connectivity index (χ1) is 13.2. The molecular weight excluding hydrogens is 360 g/mol. The van der Waals surface area contributed by atoms with E-state index < -0.39 is 0 Å². The number of carbonyl (C=O) groups is 2. The van der Waals surface area contributed by atoms with E-state index in [9.17, 15) is 9.59 Å². The fraction of sp³-hybridized carbons (Fsp3) is 0.333. The van der Waals surface area contributed by atoms with Crippen molar-refractivity contribution >= 4 is 29.3 Å². The minimum absolute atomic E-state index is 0.0350. The summed E-state index contributed by atoms with van der Waals surface area (Å²) < 4.78 is 5.65. The summed E-state index contributed by atoms with van der Waals surface area (Å²) in [4.78, 5) is 24.8. The molecule has 0 bridgehead atoms. The molecule has 6 heteroatoms. The lowest BCUT2D eigenvalue weighted by molar-refractivity contribution is -0.113. The van der Waals surface area contributed by atoms with Gasteiger partial charge < -0.3 is 15.4 Å². The van der Waals surface area contributed by atoms with E-state index in [1.54, 1.807) is 12.1 Å². The van der Waals surface area contributed by atoms with Crippen molar-refractivity contribution in [1.82, 2.24) is 5.32 Å². The van der Waals surface area contributed by atoms with Crippen LogP contribution in [0.3, 0.4) is 0 Å². The van der Waals surface area contributed by atoms with E-state index in [1.807, 2.05) is 30.3 Å². The molecule has 142 valence electrons. The van der Waals surface area contributed by atoms with E-state index in [4.69, 9.17) is 4.74 Å². The highest BCUT2D eigenvalue weighted by Crippen LogP contribution is 2.31. The van der Waals surface area contributed by atoms with Crippen LogP contribution >= 0.6 is 11.8 Å². The Hall–Kier alpha value is -2.47. The lowest BCUT2D eigenvalue weighted by Gasteiger charge is -2.17. The maximum absolute atomic E-state index is 12.4. The zero-order valence-corrected chi connectivity index (χ0v) is 16.2. The number of hydrogen-bond donors (Lipinski definition) is 2. The summed E-state index contributed by atoms with van der Waals surface area (Å²) in [6.07, 6.45) is 2.92. The zero-order chi connectivity index (χ0) is 19.1. The molecule has 0 unspecified atom stereocenters. The van der Waals surface area contributed by atoms with Crippen molar-refractivity contribution < 1.29 is 14.3 Å². The minimum Gasteiger partial charge on any atom is -0.494 e. The molecule has 1 aliphatic heterocycles. The highest BCUT2D eigenvalue weighted by molar-refractivity contribution is 8.00. The second-order valence-corrected chi connectivity index (χ2v) is 7.42. The summed E-state index contributed by atoms with van der Waals surface area (Å²) in [6, 6.07) is 13.4. The number of rotatable bonds is 8. The fourth-order valence-electron chi connectivity index (χ4n) is 2.73. The Balaban J connectivity index is 1.48. The molecule has 27 heavy (non-hydrogen) atoms. The second-order valence-electron chi connectivity index (χ2n) is 6.40. The van der Waals surface area contributed by atoms with Gasteiger partial charge in [0.15, 0.2) is 0 Å². The third-order valence-corrected chi connectivity index (χ3v) is 5.34. The molecule has 0 aliphatic carbocycles. The number of hydrogen-bond acceptors (Lipinski definition) is 4. The Morgan fingerprint density at radius 3 is 2.81 bits per heavy atom. The lowest BCUT2D eigenvalue weighted by Crippen LogP contribution is -2.26. The van der Waals surface area contributed by atoms with Crippen LogP contribution in [0, 0.1) is 0 Å². The Morgan fingerprint density at radius 1 is 1.22 bits per heavy atom. The lowest BCUT2D eigenvalue weighted by atomic mass is 10.1. The van der Waals surface area contributed by atoms with E-state index in [0.29, 0.717) is 23.5 Å². The third-order valence-electron chi connectivity index (χ3n) is 4.26. The van der Waals surface area contributed by atoms with Gasteiger partial charge >= 0.3 is 0 Å². The van der Waals surface area contributed by atoms with Gasteiger partial charge in [-0.1, -0.05) is 25.5 Å². The summed E-state index contributed by atoms with van der Waals surface area (Å²) in [5, 5.41) is 5.74. The average Bonchev–Trinajstić information content (AvgIpc) is 2.68. The van der Waals surface area contributed by atoms with Gasteiger partial charge in [-0.25, -0.2) is 0 Å². The number of amides is 2. The Morgan fingerprint density at radius 2 is 2.04 bits per heavy atom. The van der Waals surface area contributed by atoms with E-state index in [0.717, 1.165) is 42.1 Å². The number of carbonyl (C=O) groups excluding carboxylic acids is 2. The van der Waals surface area contributed by atoms with Crippen LogP contribution in [-0.2, 0) is 11.2 Å². The monoisotopic (exact) mass is 384 g/mol. The molecule has 2 aromatic carbocycles. The van der Waals surface area contributed by atoms with Gasteiger partial charge in [0.1, 0.15) is 5.75 Å². The predicted molar refractivity (Wildman–Crippen MR) is 109 cm³/mol. The van der Waals surface area contributed by atoms with Crippen LogP contribution in [0.2, 0.25) is 0 Å². The largest absolute Gasteiger partial charge is 0.494 e. The molecule has 2 aromatic rings. The molecule has 0 spiro atoms. The van der Waals surface area contributed by atoms with Gasteiger partial charge in [0, 0.05) is 17.0 Å². The fourth-order valence-corrected chi connectivity index (χ4v) is 3.52. The number of unbranched alkanes of at least 4 members (excludes halogenated alkanes) is 1. The first-order valence-corrected chi connectivity index (χ1v) is 10.2. The quantitative estimate of drug-likeness (QED) is 0.678. The van der Waals surface area contributed by atoms with Crippen molar-refractivity contribution in [3.05, 3.63) is 53.6 Å². The zero-order valence-electron chi connectivity index (χ0n) is 15.4. The number of nitrogens with one attached hydrogen (secondary N) is 2. The number of benzene rings is 2. The van der Waals surface area contributed by atoms with Crippen LogP contribution in [0.1, 0.15) is 35.7 Å². The standard InChI is InChI=1S/C21H24N2O3S/c1-2-3-12-26-17-7-4-15(5-8-17)10-11-22-21(25)16-6-9-19-18(13-16)23-20(24)14-27-19/h4-9,13H,2-3,10-12,14H2,1H3,(H,22,25)(H,23,24). The van der Waals surface area contributed by atoms with E-state index in [-0.39, 0.29) is 11.8 Å². The summed E-state index contributed by atoms with van der Waals surface area (Å²) in [5.74, 6) is 1.13. The van der Waals surface area contributed by atoms with Gasteiger partial charge in [-0.2, -0.15) is 0 Å². The topological polar surface area (TPSA) is 67.4 Å². The molecule has 0 saturated carbocycles. The number of thioether (sulfide) groups is 1. The molecule has 2 amide bonds. The number of ether oxygens (including phenoxy) is 1. The molecule has 1 heterocycles. The van der Waals surface area contributed by atoms with Crippen molar-refractivity contribution in [2.45, 2.75) is 31.1 Å². The molecule has 0 atom stereocenters. The van der Waals surface area contributed by atoms with Gasteiger partial charge in [-0.15, -0.1) is 11.8 Å². The molecule has 1 aliphatic rings. The van der Waals surface area contributed by atoms with E-state index in [1.165, 1.54) is 11.8 Å². The number of anilines is 1. The van der Waals surface area contributed by atoms with Crippen LogP contribution in [0.15, 0.2) is 47.4 Å². The summed E-state index contributed by atoms with van der Waals surface area (Å²) in [6.45, 7) is 3.43. The van der Waals surface area contributed by atoms with E-state index in [2.05, 4.69) is 17.6 Å². The van der Waals surface area contributed by atoms with Crippen molar-refractivity contribution in [1.29, 1.82) is 0 Å². The Bertz CT molecular complexity index is 806. The van der Waals surface area contributed by atoms with Gasteiger partial charge in [0.25, 0.3) is 5.91 Å². The first kappa shape index (κ1) is 19.3. The van der Waals surface area contributed by atoms with Gasteiger partial charge in [-0.3, -0.25) is 9.59 Å². The highest BCUT2D eigenvalue weighted by Gasteiger charge is 2.17. The molecule has 5 nitrogen and oxygen atoms in total. The molecule has 0 saturated heterocycles. The van der Waals surface area contributed by atoms with E-state index >= 15 is 0 Å². The molecule has 2 N–H and O–H groups in total. The predicted octanol–water partition coefficient (Wildman–Crippen LogP) is 3.88. The first-order valence-electron chi connectivity index (χ1n) is 9.22. The third kappa shape index (κ3) is 5.50. The van der Waals surface area contributed by atoms with Crippen LogP contribution in [0.5, 0.6) is 5.75 Å². The molecule has 0 aromatic heterocycles. The maximum atomic E-state index is 12.4. The number of fused-ring (bicyclic) bond motifs is 1. The molecule has 3 rings (SSSR count). The van der Waals surface area contributed by atoms with Crippen LogP contribution < -0.4 is 15.4 Å². The van der Waals surface area contributed by atoms with Gasteiger partial charge in [0.05, 0.1) is 18.0 Å². The summed E-state index contributed by atoms with van der Waals surface area (Å²) >= 11 is 1.49. The van der Waals surface area contributed by atoms with Crippen molar-refractivity contribution in [3.8, 4) is 5.75 Å². The maximum Gasteiger partial charge on any atom is 0.251 e. The van der Waals surface area contributed by atoms with Crippen LogP contribution in [0.4, 0.5) is 5.69 Å². The molecular formula is C21H24N2O3S. The van der Waals surface area contributed by atoms with Gasteiger partial charge in [0.2, 0.25) is 5.91 Å². The smallest absolute Gasteiger partial charge is 0.251 e. The average molecular weight is 385 g/mol. The Labute approximate surface area is 163 Å². The summed E-state index contributed by atoms with van der Waals surface area (Å²) in [7, 11) is 0. The van der Waals surface area contributed by atoms with Crippen LogP contribution in [0.25, 0.3) is 0 Å². The van der Waals surface area contributed by atoms with Crippen molar-refractivity contribution in [2.24, 2.45) is 0 Å².